The number of rotatable bonds is 7. The quantitative estimate of drug-likeness (QED) is 0.717. The lowest BCUT2D eigenvalue weighted by atomic mass is 9.71. The molecule has 1 aromatic rings. The van der Waals surface area contributed by atoms with Crippen LogP contribution in [0.2, 0.25) is 0 Å². The minimum Gasteiger partial charge on any atom is -0.352 e. The van der Waals surface area contributed by atoms with Crippen LogP contribution < -0.4 is 16.4 Å². The van der Waals surface area contributed by atoms with E-state index in [4.69, 9.17) is 5.73 Å². The number of nitrogens with one attached hydrogen (secondary N) is 2. The zero-order valence-corrected chi connectivity index (χ0v) is 14.6. The summed E-state index contributed by atoms with van der Waals surface area (Å²) in [4.78, 5) is 24.0. The summed E-state index contributed by atoms with van der Waals surface area (Å²) in [5, 5.41) is 5.75. The Balaban J connectivity index is 1.84. The zero-order chi connectivity index (χ0) is 17.4. The van der Waals surface area contributed by atoms with E-state index in [9.17, 15) is 9.59 Å². The first-order valence-corrected chi connectivity index (χ1v) is 8.92. The molecule has 1 aromatic carbocycles. The van der Waals surface area contributed by atoms with Gasteiger partial charge in [0.15, 0.2) is 0 Å². The zero-order valence-electron chi connectivity index (χ0n) is 14.6. The van der Waals surface area contributed by atoms with Gasteiger partial charge in [-0.15, -0.1) is 0 Å². The molecule has 0 radical (unpaired) electrons. The second-order valence-corrected chi connectivity index (χ2v) is 6.77. The first-order chi connectivity index (χ1) is 11.6. The van der Waals surface area contributed by atoms with Gasteiger partial charge in [0.25, 0.3) is 5.91 Å². The van der Waals surface area contributed by atoms with E-state index in [1.165, 1.54) is 19.3 Å². The topological polar surface area (TPSA) is 84.2 Å². The first kappa shape index (κ1) is 18.5. The highest BCUT2D eigenvalue weighted by Gasteiger charge is 2.32. The summed E-state index contributed by atoms with van der Waals surface area (Å²) < 4.78 is 0. The summed E-state index contributed by atoms with van der Waals surface area (Å²) >= 11 is 0. The molecule has 0 aliphatic heterocycles. The molecule has 0 spiro atoms. The molecule has 132 valence electrons. The number of benzene rings is 1. The second-order valence-electron chi connectivity index (χ2n) is 6.77. The summed E-state index contributed by atoms with van der Waals surface area (Å²) in [5.41, 5.74) is 7.56. The number of carbonyl (C=O) groups excluding carboxylic acids is 2. The van der Waals surface area contributed by atoms with E-state index in [0.717, 1.165) is 18.4 Å². The minimum absolute atomic E-state index is 0.00949. The van der Waals surface area contributed by atoms with Crippen molar-refractivity contribution in [2.45, 2.75) is 52.0 Å². The number of carbonyl (C=O) groups is 2. The fourth-order valence-electron chi connectivity index (χ4n) is 3.40. The van der Waals surface area contributed by atoms with Crippen molar-refractivity contribution in [3.8, 4) is 0 Å². The summed E-state index contributed by atoms with van der Waals surface area (Å²) in [6.45, 7) is 3.57. The van der Waals surface area contributed by atoms with Crippen LogP contribution in [0.15, 0.2) is 24.3 Å². The van der Waals surface area contributed by atoms with Gasteiger partial charge in [-0.3, -0.25) is 9.59 Å². The van der Waals surface area contributed by atoms with Gasteiger partial charge < -0.3 is 16.4 Å². The van der Waals surface area contributed by atoms with Crippen molar-refractivity contribution in [3.63, 3.8) is 0 Å². The maximum Gasteiger partial charge on any atom is 0.251 e. The smallest absolute Gasteiger partial charge is 0.251 e. The average Bonchev–Trinajstić information content (AvgIpc) is 2.61. The number of nitrogens with two attached hydrogens (primary N) is 1. The molecule has 1 aliphatic carbocycles. The molecule has 2 amide bonds. The average molecular weight is 331 g/mol. The number of hydrogen-bond donors (Lipinski definition) is 3. The van der Waals surface area contributed by atoms with Crippen molar-refractivity contribution in [3.05, 3.63) is 35.4 Å². The van der Waals surface area contributed by atoms with Gasteiger partial charge in [0.2, 0.25) is 5.91 Å². The molecule has 4 N–H and O–H groups in total. The minimum atomic E-state index is -0.0738. The molecule has 1 saturated carbocycles. The lowest BCUT2D eigenvalue weighted by Crippen LogP contribution is -2.38. The lowest BCUT2D eigenvalue weighted by Gasteiger charge is -2.35. The van der Waals surface area contributed by atoms with E-state index in [0.29, 0.717) is 31.6 Å². The Morgan fingerprint density at radius 1 is 1.08 bits per heavy atom. The Kier molecular flexibility index (Phi) is 6.79. The van der Waals surface area contributed by atoms with Gasteiger partial charge in [0.05, 0.1) is 0 Å². The van der Waals surface area contributed by atoms with Crippen LogP contribution in [-0.2, 0) is 11.3 Å². The fraction of sp³-hybridized carbons (Fsp3) is 0.579. The van der Waals surface area contributed by atoms with E-state index in [1.807, 2.05) is 19.1 Å². The van der Waals surface area contributed by atoms with E-state index < -0.39 is 0 Å². The Bertz CT molecular complexity index is 548. The van der Waals surface area contributed by atoms with Crippen molar-refractivity contribution in [2.75, 3.05) is 13.1 Å². The van der Waals surface area contributed by atoms with Crippen LogP contribution in [0.3, 0.4) is 0 Å². The van der Waals surface area contributed by atoms with Gasteiger partial charge in [-0.2, -0.15) is 0 Å². The van der Waals surface area contributed by atoms with Crippen LogP contribution in [0, 0.1) is 5.41 Å². The summed E-state index contributed by atoms with van der Waals surface area (Å²) in [6, 6.07) is 7.33. The molecule has 2 rings (SSSR count). The summed E-state index contributed by atoms with van der Waals surface area (Å²) in [7, 11) is 0. The molecular weight excluding hydrogens is 302 g/mol. The fourth-order valence-corrected chi connectivity index (χ4v) is 3.40. The van der Waals surface area contributed by atoms with Gasteiger partial charge >= 0.3 is 0 Å². The van der Waals surface area contributed by atoms with Crippen molar-refractivity contribution < 1.29 is 9.59 Å². The third-order valence-electron chi connectivity index (χ3n) is 4.93. The van der Waals surface area contributed by atoms with E-state index in [2.05, 4.69) is 10.6 Å². The van der Waals surface area contributed by atoms with Gasteiger partial charge in [0, 0.05) is 25.1 Å². The third kappa shape index (κ3) is 5.06. The number of hydrogen-bond acceptors (Lipinski definition) is 3. The predicted octanol–water partition coefficient (Wildman–Crippen LogP) is 2.35. The van der Waals surface area contributed by atoms with Crippen LogP contribution in [0.25, 0.3) is 0 Å². The van der Waals surface area contributed by atoms with E-state index >= 15 is 0 Å². The van der Waals surface area contributed by atoms with Crippen LogP contribution in [0.1, 0.15) is 61.4 Å². The monoisotopic (exact) mass is 331 g/mol. The molecule has 0 saturated heterocycles. The molecule has 1 aliphatic rings. The molecule has 0 unspecified atom stereocenters. The Labute approximate surface area is 144 Å². The molecule has 0 heterocycles. The van der Waals surface area contributed by atoms with Crippen LogP contribution in [0.5, 0.6) is 0 Å². The maximum absolute atomic E-state index is 12.3. The molecular formula is C19H29N3O2. The van der Waals surface area contributed by atoms with Gasteiger partial charge in [0.1, 0.15) is 0 Å². The van der Waals surface area contributed by atoms with Gasteiger partial charge in [-0.1, -0.05) is 31.4 Å². The van der Waals surface area contributed by atoms with E-state index in [-0.39, 0.29) is 17.2 Å². The SMILES string of the molecule is CCNC(=O)c1ccc(CNC(=O)CC2(CN)CCCCC2)cc1. The molecule has 0 atom stereocenters. The van der Waals surface area contributed by atoms with Crippen LogP contribution in [-0.4, -0.2) is 24.9 Å². The summed E-state index contributed by atoms with van der Waals surface area (Å²) in [5.74, 6) is -0.00887. The Morgan fingerprint density at radius 2 is 1.75 bits per heavy atom. The normalized spacial score (nSPS) is 16.4. The van der Waals surface area contributed by atoms with Crippen molar-refractivity contribution >= 4 is 11.8 Å². The largest absolute Gasteiger partial charge is 0.352 e. The van der Waals surface area contributed by atoms with Gasteiger partial charge in [-0.25, -0.2) is 0 Å². The molecule has 1 fully saturated rings. The highest BCUT2D eigenvalue weighted by atomic mass is 16.2. The molecule has 24 heavy (non-hydrogen) atoms. The highest BCUT2D eigenvalue weighted by Crippen LogP contribution is 2.38. The first-order valence-electron chi connectivity index (χ1n) is 8.92. The molecule has 0 bridgehead atoms. The maximum atomic E-state index is 12.3. The van der Waals surface area contributed by atoms with Crippen LogP contribution in [0.4, 0.5) is 0 Å². The van der Waals surface area contributed by atoms with Crippen LogP contribution >= 0.6 is 0 Å². The standard InChI is InChI=1S/C19H29N3O2/c1-2-21-18(24)16-8-6-15(7-9-16)13-22-17(23)12-19(14-20)10-4-3-5-11-19/h6-9H,2-5,10-14,20H2,1H3,(H,21,24)(H,22,23). The lowest BCUT2D eigenvalue weighted by molar-refractivity contribution is -0.124. The van der Waals surface area contributed by atoms with Crippen molar-refractivity contribution in [1.29, 1.82) is 0 Å². The van der Waals surface area contributed by atoms with Crippen molar-refractivity contribution in [2.24, 2.45) is 11.1 Å². The van der Waals surface area contributed by atoms with E-state index in [1.54, 1.807) is 12.1 Å². The molecule has 0 aromatic heterocycles. The Morgan fingerprint density at radius 3 is 2.33 bits per heavy atom. The highest BCUT2D eigenvalue weighted by molar-refractivity contribution is 5.94. The summed E-state index contributed by atoms with van der Waals surface area (Å²) in [6.07, 6.45) is 6.22. The third-order valence-corrected chi connectivity index (χ3v) is 4.93. The molecule has 5 heteroatoms. The second kappa shape index (κ2) is 8.83. The van der Waals surface area contributed by atoms with Crippen molar-refractivity contribution in [1.82, 2.24) is 10.6 Å². The molecule has 5 nitrogen and oxygen atoms in total. The number of amides is 2. The van der Waals surface area contributed by atoms with Gasteiger partial charge in [-0.05, 0) is 49.4 Å². The predicted molar refractivity (Wildman–Crippen MR) is 95.5 cm³/mol. The Hall–Kier alpha value is -1.88.